The van der Waals surface area contributed by atoms with Crippen LogP contribution in [0.3, 0.4) is 0 Å². The van der Waals surface area contributed by atoms with Crippen LogP contribution in [0.2, 0.25) is 0 Å². The molecule has 33 heavy (non-hydrogen) atoms. The molecule has 5 N–H and O–H groups in total. The number of hydrogen-bond donors (Lipinski definition) is 3. The van der Waals surface area contributed by atoms with E-state index < -0.39 is 5.91 Å². The van der Waals surface area contributed by atoms with Crippen molar-refractivity contribution in [1.29, 1.82) is 0 Å². The van der Waals surface area contributed by atoms with Gasteiger partial charge in [-0.15, -0.1) is 0 Å². The van der Waals surface area contributed by atoms with Gasteiger partial charge in [-0.25, -0.2) is 14.6 Å². The number of rotatable bonds is 5. The fourth-order valence-electron chi connectivity index (χ4n) is 3.94. The number of anilines is 1. The van der Waals surface area contributed by atoms with Gasteiger partial charge in [0.05, 0.1) is 6.04 Å². The highest BCUT2D eigenvalue weighted by molar-refractivity contribution is 6.04. The van der Waals surface area contributed by atoms with Crippen LogP contribution < -0.4 is 16.9 Å². The number of nitrogens with one attached hydrogen (secondary N) is 1. The van der Waals surface area contributed by atoms with Crippen molar-refractivity contribution in [2.75, 3.05) is 17.7 Å². The average molecular weight is 444 g/mol. The fourth-order valence-corrected chi connectivity index (χ4v) is 3.94. The number of primary amides is 1. The monoisotopic (exact) mass is 443 g/mol. The van der Waals surface area contributed by atoms with Crippen LogP contribution in [0.4, 0.5) is 5.82 Å². The molecule has 0 aliphatic carbocycles. The number of amides is 2. The van der Waals surface area contributed by atoms with Gasteiger partial charge in [-0.1, -0.05) is 24.1 Å². The number of hydrogen-bond acceptors (Lipinski definition) is 6. The number of imidazole rings is 1. The van der Waals surface area contributed by atoms with Crippen LogP contribution >= 0.6 is 0 Å². The number of carbonyl (C=O) groups excluding carboxylic acids is 2. The van der Waals surface area contributed by atoms with Crippen LogP contribution in [0.1, 0.15) is 58.0 Å². The van der Waals surface area contributed by atoms with E-state index in [1.54, 1.807) is 43.5 Å². The summed E-state index contributed by atoms with van der Waals surface area (Å²) in [6.07, 6.45) is 3.46. The molecule has 1 fully saturated rings. The second-order valence-electron chi connectivity index (χ2n) is 7.87. The molecule has 3 aromatic rings. The maximum Gasteiger partial charge on any atom is 0.269 e. The Morgan fingerprint density at radius 2 is 1.94 bits per heavy atom. The largest absolute Gasteiger partial charge is 0.364 e. The number of aryl methyl sites for hydroxylation is 1. The van der Waals surface area contributed by atoms with Gasteiger partial charge >= 0.3 is 0 Å². The van der Waals surface area contributed by atoms with Crippen LogP contribution in [0.15, 0.2) is 42.6 Å². The molecule has 1 saturated heterocycles. The average Bonchev–Trinajstić information content (AvgIpc) is 3.39. The van der Waals surface area contributed by atoms with E-state index in [1.165, 1.54) is 4.68 Å². The van der Waals surface area contributed by atoms with Crippen molar-refractivity contribution >= 4 is 17.6 Å². The molecular formula is C24H25N7O2. The maximum absolute atomic E-state index is 12.6. The van der Waals surface area contributed by atoms with Crippen molar-refractivity contribution in [1.82, 2.24) is 19.5 Å². The van der Waals surface area contributed by atoms with E-state index >= 15 is 0 Å². The predicted molar refractivity (Wildman–Crippen MR) is 125 cm³/mol. The molecule has 3 heterocycles. The third kappa shape index (κ3) is 4.36. The van der Waals surface area contributed by atoms with Gasteiger partial charge in [-0.05, 0) is 50.5 Å². The molecule has 1 atom stereocenters. The van der Waals surface area contributed by atoms with E-state index in [9.17, 15) is 9.59 Å². The Bertz CT molecular complexity index is 1250. The molecule has 4 rings (SSSR count). The van der Waals surface area contributed by atoms with Gasteiger partial charge in [0.2, 0.25) is 0 Å². The lowest BCUT2D eigenvalue weighted by atomic mass is 10.1. The Hall–Kier alpha value is -4.32. The number of carbonyl (C=O) groups is 2. The van der Waals surface area contributed by atoms with E-state index in [0.29, 0.717) is 28.5 Å². The van der Waals surface area contributed by atoms with Crippen LogP contribution in [-0.2, 0) is 0 Å². The zero-order valence-corrected chi connectivity index (χ0v) is 18.5. The van der Waals surface area contributed by atoms with Crippen molar-refractivity contribution in [3.05, 3.63) is 65.2 Å². The summed E-state index contributed by atoms with van der Waals surface area (Å²) >= 11 is 0. The normalized spacial score (nSPS) is 15.1. The molecule has 2 amide bonds. The Balaban J connectivity index is 1.63. The summed E-state index contributed by atoms with van der Waals surface area (Å²) in [7, 11) is 0. The van der Waals surface area contributed by atoms with E-state index in [1.807, 2.05) is 17.9 Å². The molecule has 9 heteroatoms. The molecule has 0 spiro atoms. The number of likely N-dealkylation sites (tertiary alicyclic amines) is 1. The van der Waals surface area contributed by atoms with Crippen molar-refractivity contribution in [2.45, 2.75) is 32.7 Å². The fraction of sp³-hybridized carbons (Fsp3) is 0.250. The molecule has 1 aliphatic rings. The lowest BCUT2D eigenvalue weighted by molar-refractivity contribution is 0.0991. The first-order chi connectivity index (χ1) is 15.9. The van der Waals surface area contributed by atoms with Gasteiger partial charge < -0.3 is 21.8 Å². The molecule has 9 nitrogen and oxygen atoms in total. The first kappa shape index (κ1) is 21.9. The highest BCUT2D eigenvalue weighted by atomic mass is 16.2. The minimum absolute atomic E-state index is 0.113. The van der Waals surface area contributed by atoms with Gasteiger partial charge in [-0.3, -0.25) is 9.59 Å². The van der Waals surface area contributed by atoms with E-state index in [4.69, 9.17) is 11.6 Å². The van der Waals surface area contributed by atoms with Crippen LogP contribution in [-0.4, -0.2) is 37.9 Å². The number of nitrogens with two attached hydrogens (primary N) is 2. The Labute approximate surface area is 191 Å². The highest BCUT2D eigenvalue weighted by Gasteiger charge is 2.32. The summed E-state index contributed by atoms with van der Waals surface area (Å²) in [5.41, 5.74) is 8.20. The molecule has 0 radical (unpaired) electrons. The third-order valence-electron chi connectivity index (χ3n) is 5.55. The number of aromatic nitrogens is 3. The topological polar surface area (TPSA) is 132 Å². The first-order valence-corrected chi connectivity index (χ1v) is 10.6. The Kier molecular flexibility index (Phi) is 6.00. The zero-order chi connectivity index (χ0) is 23.5. The van der Waals surface area contributed by atoms with Crippen molar-refractivity contribution in [2.24, 2.45) is 5.73 Å². The van der Waals surface area contributed by atoms with Gasteiger partial charge in [-0.2, -0.15) is 0 Å². The molecule has 0 saturated carbocycles. The minimum Gasteiger partial charge on any atom is -0.364 e. The predicted octanol–water partition coefficient (Wildman–Crippen LogP) is 2.44. The number of nitrogen functional groups attached to an aromatic ring is 1. The lowest BCUT2D eigenvalue weighted by Gasteiger charge is -2.19. The summed E-state index contributed by atoms with van der Waals surface area (Å²) in [5, 5.41) is 2.76. The van der Waals surface area contributed by atoms with Gasteiger partial charge in [0, 0.05) is 29.9 Å². The van der Waals surface area contributed by atoms with Crippen molar-refractivity contribution < 1.29 is 9.59 Å². The van der Waals surface area contributed by atoms with Crippen LogP contribution in [0, 0.1) is 18.9 Å². The summed E-state index contributed by atoms with van der Waals surface area (Å²) in [4.78, 5) is 35.6. The third-order valence-corrected chi connectivity index (χ3v) is 5.55. The molecule has 0 bridgehead atoms. The second kappa shape index (κ2) is 9.04. The SMILES string of the molecule is CC#CN1CCC[C@H]1c1nc(-c2ccc(C(=O)Nc3ccc(C)cn3)cc2)c(C(N)=O)n1N. The standard InChI is InChI=1S/C24H25N7O2/c1-3-12-30-13-4-5-18(30)23-29-20(21(22(25)32)31(23)26)16-7-9-17(10-8-16)24(33)28-19-11-6-15(2)14-27-19/h6-11,14,18H,4-5,13,26H2,1-2H3,(H2,25,32)(H,27,28,33)/t18-/m0/s1. The number of benzene rings is 1. The summed E-state index contributed by atoms with van der Waals surface area (Å²) in [6, 6.07) is 13.3. The first-order valence-electron chi connectivity index (χ1n) is 10.6. The van der Waals surface area contributed by atoms with E-state index in [-0.39, 0.29) is 17.6 Å². The molecule has 1 aromatic carbocycles. The highest BCUT2D eigenvalue weighted by Crippen LogP contribution is 2.33. The second-order valence-corrected chi connectivity index (χ2v) is 7.87. The van der Waals surface area contributed by atoms with Gasteiger partial charge in [0.15, 0.2) is 11.5 Å². The van der Waals surface area contributed by atoms with E-state index in [0.717, 1.165) is 24.9 Å². The van der Waals surface area contributed by atoms with Crippen LogP contribution in [0.5, 0.6) is 0 Å². The summed E-state index contributed by atoms with van der Waals surface area (Å²) in [5.74, 6) is 9.20. The quantitative estimate of drug-likeness (QED) is 0.410. The molecule has 0 unspecified atom stereocenters. The maximum atomic E-state index is 12.6. The van der Waals surface area contributed by atoms with Crippen molar-refractivity contribution in [3.8, 4) is 23.2 Å². The molecular weight excluding hydrogens is 418 g/mol. The summed E-state index contributed by atoms with van der Waals surface area (Å²) in [6.45, 7) is 4.50. The van der Waals surface area contributed by atoms with Gasteiger partial charge in [0.25, 0.3) is 11.8 Å². The van der Waals surface area contributed by atoms with E-state index in [2.05, 4.69) is 27.2 Å². The number of pyridine rings is 1. The molecule has 2 aromatic heterocycles. The smallest absolute Gasteiger partial charge is 0.269 e. The van der Waals surface area contributed by atoms with Crippen molar-refractivity contribution in [3.63, 3.8) is 0 Å². The molecule has 168 valence electrons. The Morgan fingerprint density at radius 3 is 2.58 bits per heavy atom. The Morgan fingerprint density at radius 1 is 1.18 bits per heavy atom. The van der Waals surface area contributed by atoms with Crippen LogP contribution in [0.25, 0.3) is 11.3 Å². The summed E-state index contributed by atoms with van der Waals surface area (Å²) < 4.78 is 1.27. The van der Waals surface area contributed by atoms with Gasteiger partial charge in [0.1, 0.15) is 11.5 Å². The lowest BCUT2D eigenvalue weighted by Crippen LogP contribution is -2.27. The zero-order valence-electron chi connectivity index (χ0n) is 18.5. The minimum atomic E-state index is -0.676. The number of nitrogens with zero attached hydrogens (tertiary/aromatic N) is 4. The molecule has 1 aliphatic heterocycles.